The van der Waals surface area contributed by atoms with Crippen LogP contribution in [-0.4, -0.2) is 18.8 Å². The number of nitriles is 1. The van der Waals surface area contributed by atoms with Crippen molar-refractivity contribution in [2.45, 2.75) is 31.9 Å². The van der Waals surface area contributed by atoms with Crippen molar-refractivity contribution < 1.29 is 4.74 Å². The molecule has 1 N–H and O–H groups in total. The van der Waals surface area contributed by atoms with Gasteiger partial charge in [0.2, 0.25) is 0 Å². The molecule has 0 aromatic heterocycles. The van der Waals surface area contributed by atoms with Crippen molar-refractivity contribution in [3.05, 3.63) is 28.2 Å². The van der Waals surface area contributed by atoms with Crippen molar-refractivity contribution in [3.8, 4) is 6.07 Å². The average molecular weight is 295 g/mol. The summed E-state index contributed by atoms with van der Waals surface area (Å²) in [6, 6.07) is 8.40. The maximum Gasteiger partial charge on any atom is 0.103 e. The summed E-state index contributed by atoms with van der Waals surface area (Å²) in [4.78, 5) is 0. The van der Waals surface area contributed by atoms with Gasteiger partial charge in [-0.25, -0.2) is 0 Å². The van der Waals surface area contributed by atoms with Crippen molar-refractivity contribution in [1.29, 1.82) is 5.26 Å². The monoisotopic (exact) mass is 294 g/mol. The Hall–Kier alpha value is -1.05. The van der Waals surface area contributed by atoms with Gasteiger partial charge in [-0.1, -0.05) is 6.07 Å². The zero-order valence-corrected chi connectivity index (χ0v) is 11.3. The third kappa shape index (κ3) is 2.80. The highest BCUT2D eigenvalue weighted by Gasteiger charge is 2.29. The molecule has 0 bridgehead atoms. The summed E-state index contributed by atoms with van der Waals surface area (Å²) >= 11 is 3.39. The molecule has 0 heterocycles. The first-order chi connectivity index (χ1) is 8.24. The first-order valence-corrected chi connectivity index (χ1v) is 6.60. The van der Waals surface area contributed by atoms with Crippen molar-refractivity contribution in [2.75, 3.05) is 11.9 Å². The Morgan fingerprint density at radius 1 is 1.53 bits per heavy atom. The standard InChI is InChI=1S/C13H15BrN2O/c1-2-17-10-6-9(7-10)16-13-5-3-4-12(14)11(13)8-15/h3-5,9-10,16H,2,6-7H2,1H3. The van der Waals surface area contributed by atoms with Gasteiger partial charge in [0, 0.05) is 17.1 Å². The van der Waals surface area contributed by atoms with Crippen molar-refractivity contribution >= 4 is 21.6 Å². The predicted octanol–water partition coefficient (Wildman–Crippen LogP) is 3.30. The third-order valence-electron chi connectivity index (χ3n) is 2.98. The van der Waals surface area contributed by atoms with Gasteiger partial charge in [0.15, 0.2) is 0 Å². The first kappa shape index (κ1) is 12.4. The minimum atomic E-state index is 0.384. The van der Waals surface area contributed by atoms with E-state index in [1.807, 2.05) is 25.1 Å². The summed E-state index contributed by atoms with van der Waals surface area (Å²) in [6.07, 6.45) is 2.42. The molecule has 2 rings (SSSR count). The van der Waals surface area contributed by atoms with Crippen LogP contribution >= 0.6 is 15.9 Å². The maximum atomic E-state index is 9.09. The van der Waals surface area contributed by atoms with Crippen LogP contribution in [0.4, 0.5) is 5.69 Å². The lowest BCUT2D eigenvalue weighted by molar-refractivity contribution is 0.00299. The highest BCUT2D eigenvalue weighted by molar-refractivity contribution is 9.10. The van der Waals surface area contributed by atoms with Gasteiger partial charge in [-0.3, -0.25) is 0 Å². The molecule has 3 nitrogen and oxygen atoms in total. The Bertz CT molecular complexity index is 436. The summed E-state index contributed by atoms with van der Waals surface area (Å²) in [5.41, 5.74) is 1.58. The Balaban J connectivity index is 1.97. The second-order valence-electron chi connectivity index (χ2n) is 4.16. The fourth-order valence-corrected chi connectivity index (χ4v) is 2.49. The lowest BCUT2D eigenvalue weighted by Gasteiger charge is -2.36. The lowest BCUT2D eigenvalue weighted by atomic mass is 9.89. The molecule has 1 aliphatic rings. The van der Waals surface area contributed by atoms with E-state index in [9.17, 15) is 0 Å². The number of hydrogen-bond donors (Lipinski definition) is 1. The first-order valence-electron chi connectivity index (χ1n) is 5.81. The molecule has 1 aromatic rings. The summed E-state index contributed by atoms with van der Waals surface area (Å²) in [5, 5.41) is 12.5. The van der Waals surface area contributed by atoms with E-state index in [0.717, 1.165) is 29.6 Å². The topological polar surface area (TPSA) is 45.0 Å². The molecular formula is C13H15BrN2O. The van der Waals surface area contributed by atoms with Crippen LogP contribution in [0.5, 0.6) is 0 Å². The predicted molar refractivity (Wildman–Crippen MR) is 70.9 cm³/mol. The fourth-order valence-electron chi connectivity index (χ4n) is 2.03. The maximum absolute atomic E-state index is 9.09. The molecule has 0 radical (unpaired) electrons. The molecule has 1 fully saturated rings. The molecule has 0 amide bonds. The summed E-state index contributed by atoms with van der Waals surface area (Å²) in [7, 11) is 0. The van der Waals surface area contributed by atoms with Crippen LogP contribution in [0.3, 0.4) is 0 Å². The van der Waals surface area contributed by atoms with E-state index in [0.29, 0.717) is 17.7 Å². The van der Waals surface area contributed by atoms with E-state index in [1.54, 1.807) is 0 Å². The van der Waals surface area contributed by atoms with E-state index >= 15 is 0 Å². The van der Waals surface area contributed by atoms with Gasteiger partial charge >= 0.3 is 0 Å². The molecule has 0 unspecified atom stereocenters. The van der Waals surface area contributed by atoms with Crippen LogP contribution in [0.25, 0.3) is 0 Å². The summed E-state index contributed by atoms with van der Waals surface area (Å²) in [6.45, 7) is 2.79. The molecule has 0 atom stereocenters. The summed E-state index contributed by atoms with van der Waals surface area (Å²) < 4.78 is 6.35. The molecule has 0 aliphatic heterocycles. The second-order valence-corrected chi connectivity index (χ2v) is 5.02. The van der Waals surface area contributed by atoms with Gasteiger partial charge in [-0.2, -0.15) is 5.26 Å². The van der Waals surface area contributed by atoms with Crippen molar-refractivity contribution in [2.24, 2.45) is 0 Å². The third-order valence-corrected chi connectivity index (χ3v) is 3.64. The molecule has 1 saturated carbocycles. The molecule has 90 valence electrons. The van der Waals surface area contributed by atoms with E-state index in [1.165, 1.54) is 0 Å². The zero-order chi connectivity index (χ0) is 12.3. The number of nitrogens with zero attached hydrogens (tertiary/aromatic N) is 1. The number of ether oxygens (including phenoxy) is 1. The van der Waals surface area contributed by atoms with Crippen LogP contribution in [0, 0.1) is 11.3 Å². The molecule has 1 aromatic carbocycles. The smallest absolute Gasteiger partial charge is 0.103 e. The Morgan fingerprint density at radius 2 is 2.29 bits per heavy atom. The minimum Gasteiger partial charge on any atom is -0.381 e. The molecule has 0 saturated heterocycles. The van der Waals surface area contributed by atoms with Gasteiger partial charge in [0.25, 0.3) is 0 Å². The normalized spacial score (nSPS) is 22.6. The molecule has 1 aliphatic carbocycles. The van der Waals surface area contributed by atoms with Gasteiger partial charge in [-0.05, 0) is 47.8 Å². The Kier molecular flexibility index (Phi) is 4.03. The van der Waals surface area contributed by atoms with Crippen LogP contribution in [0.15, 0.2) is 22.7 Å². The van der Waals surface area contributed by atoms with Crippen LogP contribution < -0.4 is 5.32 Å². The molecule has 17 heavy (non-hydrogen) atoms. The number of halogens is 1. The quantitative estimate of drug-likeness (QED) is 0.927. The largest absolute Gasteiger partial charge is 0.381 e. The number of benzene rings is 1. The lowest BCUT2D eigenvalue weighted by Crippen LogP contribution is -2.40. The molecular weight excluding hydrogens is 280 g/mol. The highest BCUT2D eigenvalue weighted by Crippen LogP contribution is 2.30. The number of rotatable bonds is 4. The Morgan fingerprint density at radius 3 is 2.94 bits per heavy atom. The molecule has 0 spiro atoms. The zero-order valence-electron chi connectivity index (χ0n) is 9.74. The average Bonchev–Trinajstić information content (AvgIpc) is 2.26. The van der Waals surface area contributed by atoms with Gasteiger partial charge in [-0.15, -0.1) is 0 Å². The second kappa shape index (κ2) is 5.52. The van der Waals surface area contributed by atoms with Crippen molar-refractivity contribution in [1.82, 2.24) is 0 Å². The van der Waals surface area contributed by atoms with E-state index in [4.69, 9.17) is 10.00 Å². The number of anilines is 1. The summed E-state index contributed by atoms with van der Waals surface area (Å²) in [5.74, 6) is 0. The van der Waals surface area contributed by atoms with Crippen LogP contribution in [-0.2, 0) is 4.74 Å². The Labute approximate surface area is 110 Å². The van der Waals surface area contributed by atoms with Crippen molar-refractivity contribution in [3.63, 3.8) is 0 Å². The number of hydrogen-bond acceptors (Lipinski definition) is 3. The van der Waals surface area contributed by atoms with E-state index in [-0.39, 0.29) is 0 Å². The van der Waals surface area contributed by atoms with Crippen LogP contribution in [0.1, 0.15) is 25.3 Å². The van der Waals surface area contributed by atoms with E-state index < -0.39 is 0 Å². The number of nitrogens with one attached hydrogen (secondary N) is 1. The molecule has 4 heteroatoms. The SMILES string of the molecule is CCOC1CC(Nc2cccc(Br)c2C#N)C1. The minimum absolute atomic E-state index is 0.384. The highest BCUT2D eigenvalue weighted by atomic mass is 79.9. The van der Waals surface area contributed by atoms with Crippen LogP contribution in [0.2, 0.25) is 0 Å². The van der Waals surface area contributed by atoms with Gasteiger partial charge < -0.3 is 10.1 Å². The van der Waals surface area contributed by atoms with Gasteiger partial charge in [0.1, 0.15) is 6.07 Å². The van der Waals surface area contributed by atoms with Gasteiger partial charge in [0.05, 0.1) is 17.4 Å². The fraction of sp³-hybridized carbons (Fsp3) is 0.462. The van der Waals surface area contributed by atoms with E-state index in [2.05, 4.69) is 27.3 Å².